The van der Waals surface area contributed by atoms with Crippen molar-refractivity contribution in [2.75, 3.05) is 0 Å². The smallest absolute Gasteiger partial charge is 0.0878 e. The molecule has 78 valence electrons. The molecule has 3 rings (SSSR count). The number of nitrogens with zero attached hydrogens (tertiary/aromatic N) is 5. The summed E-state index contributed by atoms with van der Waals surface area (Å²) >= 11 is 0. The fourth-order valence-corrected chi connectivity index (χ4v) is 1.53. The van der Waals surface area contributed by atoms with Gasteiger partial charge in [0, 0.05) is 12.4 Å². The molecule has 0 aliphatic carbocycles. The molecule has 2 aromatic heterocycles. The highest BCUT2D eigenvalue weighted by Crippen LogP contribution is 2.11. The molecule has 0 aliphatic heterocycles. The molecule has 0 amide bonds. The van der Waals surface area contributed by atoms with E-state index in [2.05, 4.69) is 15.3 Å². The molecule has 0 saturated heterocycles. The topological polar surface area (TPSA) is 48.5 Å². The van der Waals surface area contributed by atoms with Gasteiger partial charge in [0.1, 0.15) is 0 Å². The van der Waals surface area contributed by atoms with Gasteiger partial charge < -0.3 is 0 Å². The van der Waals surface area contributed by atoms with Crippen LogP contribution in [0.3, 0.4) is 0 Å². The van der Waals surface area contributed by atoms with Gasteiger partial charge in [-0.25, -0.2) is 4.68 Å². The summed E-state index contributed by atoms with van der Waals surface area (Å²) in [6, 6.07) is 9.76. The Labute approximate surface area is 91.9 Å². The summed E-state index contributed by atoms with van der Waals surface area (Å²) in [6.45, 7) is 0. The van der Waals surface area contributed by atoms with Crippen LogP contribution >= 0.6 is 0 Å². The maximum Gasteiger partial charge on any atom is 0.0878 e. The molecule has 16 heavy (non-hydrogen) atoms. The molecule has 0 fully saturated rings. The van der Waals surface area contributed by atoms with E-state index in [9.17, 15) is 0 Å². The van der Waals surface area contributed by atoms with Gasteiger partial charge in [0.05, 0.1) is 23.8 Å². The summed E-state index contributed by atoms with van der Waals surface area (Å²) in [5, 5.41) is 12.3. The lowest BCUT2D eigenvalue weighted by atomic mass is 10.3. The standard InChI is InChI=1S/C11H9N5/c1-3-10(15-8-2-5-12-15)9-11(4-1)16-13-6-7-14-16/h1-9H. The molecule has 0 radical (unpaired) electrons. The number of hydrogen-bond acceptors (Lipinski definition) is 3. The number of benzene rings is 1. The van der Waals surface area contributed by atoms with E-state index in [1.165, 1.54) is 0 Å². The predicted octanol–water partition coefficient (Wildman–Crippen LogP) is 1.45. The van der Waals surface area contributed by atoms with Crippen molar-refractivity contribution in [3.05, 3.63) is 55.1 Å². The van der Waals surface area contributed by atoms with Gasteiger partial charge >= 0.3 is 0 Å². The highest BCUT2D eigenvalue weighted by atomic mass is 15.5. The first kappa shape index (κ1) is 8.84. The third kappa shape index (κ3) is 1.48. The molecule has 0 unspecified atom stereocenters. The Morgan fingerprint density at radius 1 is 0.812 bits per heavy atom. The lowest BCUT2D eigenvalue weighted by molar-refractivity contribution is 0.749. The summed E-state index contributed by atoms with van der Waals surface area (Å²) in [5.74, 6) is 0. The van der Waals surface area contributed by atoms with Gasteiger partial charge in [0.15, 0.2) is 0 Å². The van der Waals surface area contributed by atoms with Crippen LogP contribution in [-0.2, 0) is 0 Å². The van der Waals surface area contributed by atoms with E-state index < -0.39 is 0 Å². The van der Waals surface area contributed by atoms with Crippen LogP contribution in [0.2, 0.25) is 0 Å². The summed E-state index contributed by atoms with van der Waals surface area (Å²) in [7, 11) is 0. The van der Waals surface area contributed by atoms with Crippen LogP contribution in [0, 0.1) is 0 Å². The van der Waals surface area contributed by atoms with Crippen LogP contribution in [0.5, 0.6) is 0 Å². The first-order chi connectivity index (χ1) is 7.93. The predicted molar refractivity (Wildman–Crippen MR) is 58.5 cm³/mol. The van der Waals surface area contributed by atoms with E-state index in [1.54, 1.807) is 28.1 Å². The largest absolute Gasteiger partial charge is 0.241 e. The summed E-state index contributed by atoms with van der Waals surface area (Å²) in [6.07, 6.45) is 6.95. The third-order valence-electron chi connectivity index (χ3n) is 2.25. The molecule has 0 aliphatic rings. The Balaban J connectivity index is 2.07. The van der Waals surface area contributed by atoms with Gasteiger partial charge in [-0.05, 0) is 24.3 Å². The summed E-state index contributed by atoms with van der Waals surface area (Å²) < 4.78 is 1.80. The molecular formula is C11H9N5. The second kappa shape index (κ2) is 3.62. The van der Waals surface area contributed by atoms with Crippen molar-refractivity contribution in [3.8, 4) is 11.4 Å². The molecule has 0 bridgehead atoms. The van der Waals surface area contributed by atoms with Gasteiger partial charge in [-0.2, -0.15) is 20.1 Å². The van der Waals surface area contributed by atoms with E-state index in [1.807, 2.05) is 36.5 Å². The van der Waals surface area contributed by atoms with Crippen molar-refractivity contribution in [2.45, 2.75) is 0 Å². The van der Waals surface area contributed by atoms with Gasteiger partial charge in [0.2, 0.25) is 0 Å². The quantitative estimate of drug-likeness (QED) is 0.644. The minimum Gasteiger partial charge on any atom is -0.241 e. The summed E-state index contributed by atoms with van der Waals surface area (Å²) in [5.41, 5.74) is 1.90. The normalized spacial score (nSPS) is 10.5. The van der Waals surface area contributed by atoms with Crippen molar-refractivity contribution in [1.82, 2.24) is 24.8 Å². The van der Waals surface area contributed by atoms with Crippen molar-refractivity contribution in [1.29, 1.82) is 0 Å². The van der Waals surface area contributed by atoms with Crippen molar-refractivity contribution in [2.24, 2.45) is 0 Å². The first-order valence-corrected chi connectivity index (χ1v) is 4.90. The maximum absolute atomic E-state index is 4.18. The zero-order chi connectivity index (χ0) is 10.8. The number of hydrogen-bond donors (Lipinski definition) is 0. The first-order valence-electron chi connectivity index (χ1n) is 4.90. The highest BCUT2D eigenvalue weighted by molar-refractivity contribution is 5.41. The Morgan fingerprint density at radius 2 is 1.62 bits per heavy atom. The molecule has 5 heteroatoms. The minimum absolute atomic E-state index is 0.915. The van der Waals surface area contributed by atoms with Gasteiger partial charge in [-0.15, -0.1) is 0 Å². The van der Waals surface area contributed by atoms with E-state index in [-0.39, 0.29) is 0 Å². The molecular weight excluding hydrogens is 202 g/mol. The monoisotopic (exact) mass is 211 g/mol. The molecule has 3 aromatic rings. The average molecular weight is 211 g/mol. The second-order valence-corrected chi connectivity index (χ2v) is 3.29. The van der Waals surface area contributed by atoms with E-state index in [0.29, 0.717) is 0 Å². The molecule has 0 N–H and O–H groups in total. The van der Waals surface area contributed by atoms with Crippen LogP contribution in [-0.4, -0.2) is 24.8 Å². The van der Waals surface area contributed by atoms with E-state index in [4.69, 9.17) is 0 Å². The fraction of sp³-hybridized carbons (Fsp3) is 0. The number of rotatable bonds is 2. The van der Waals surface area contributed by atoms with E-state index in [0.717, 1.165) is 11.4 Å². The fourth-order valence-electron chi connectivity index (χ4n) is 1.53. The van der Waals surface area contributed by atoms with Crippen molar-refractivity contribution < 1.29 is 0 Å². The lowest BCUT2D eigenvalue weighted by Gasteiger charge is -2.04. The Kier molecular flexibility index (Phi) is 2.00. The Hall–Kier alpha value is -2.43. The molecule has 0 spiro atoms. The summed E-state index contributed by atoms with van der Waals surface area (Å²) in [4.78, 5) is 1.58. The Morgan fingerprint density at radius 3 is 2.38 bits per heavy atom. The molecule has 0 saturated carbocycles. The van der Waals surface area contributed by atoms with Crippen molar-refractivity contribution >= 4 is 0 Å². The second-order valence-electron chi connectivity index (χ2n) is 3.29. The molecule has 5 nitrogen and oxygen atoms in total. The maximum atomic E-state index is 4.18. The van der Waals surface area contributed by atoms with Crippen molar-refractivity contribution in [3.63, 3.8) is 0 Å². The van der Waals surface area contributed by atoms with Gasteiger partial charge in [0.25, 0.3) is 0 Å². The zero-order valence-corrected chi connectivity index (χ0v) is 8.43. The molecule has 1 aromatic carbocycles. The van der Waals surface area contributed by atoms with Gasteiger partial charge in [-0.1, -0.05) is 6.07 Å². The minimum atomic E-state index is 0.915. The highest BCUT2D eigenvalue weighted by Gasteiger charge is 2.00. The third-order valence-corrected chi connectivity index (χ3v) is 2.25. The zero-order valence-electron chi connectivity index (χ0n) is 8.43. The van der Waals surface area contributed by atoms with E-state index >= 15 is 0 Å². The van der Waals surface area contributed by atoms with Crippen LogP contribution in [0.25, 0.3) is 11.4 Å². The van der Waals surface area contributed by atoms with Gasteiger partial charge in [-0.3, -0.25) is 0 Å². The Bertz CT molecular complexity index is 519. The number of aromatic nitrogens is 5. The van der Waals surface area contributed by atoms with Crippen LogP contribution < -0.4 is 0 Å². The molecule has 2 heterocycles. The van der Waals surface area contributed by atoms with Crippen LogP contribution in [0.15, 0.2) is 55.1 Å². The SMILES string of the molecule is c1cc(-n2cccn2)cc(-n2nccn2)c1. The average Bonchev–Trinajstić information content (AvgIpc) is 3.03. The van der Waals surface area contributed by atoms with Crippen LogP contribution in [0.1, 0.15) is 0 Å². The molecule has 0 atom stereocenters. The lowest BCUT2D eigenvalue weighted by Crippen LogP contribution is -2.00. The van der Waals surface area contributed by atoms with Crippen LogP contribution in [0.4, 0.5) is 0 Å².